The van der Waals surface area contributed by atoms with Gasteiger partial charge in [-0.1, -0.05) is 12.1 Å². The van der Waals surface area contributed by atoms with Gasteiger partial charge in [-0.05, 0) is 48.0 Å². The molecular formula is C17H17FN2O3S. The van der Waals surface area contributed by atoms with Crippen LogP contribution in [0.3, 0.4) is 0 Å². The summed E-state index contributed by atoms with van der Waals surface area (Å²) in [6.07, 6.45) is 2.64. The van der Waals surface area contributed by atoms with Crippen molar-refractivity contribution in [3.63, 3.8) is 0 Å². The largest absolute Gasteiger partial charge is 0.378 e. The number of amides is 1. The maximum atomic E-state index is 12.8. The van der Waals surface area contributed by atoms with Crippen molar-refractivity contribution < 1.29 is 17.6 Å². The van der Waals surface area contributed by atoms with Crippen LogP contribution in [0.1, 0.15) is 5.56 Å². The Morgan fingerprint density at radius 1 is 1.04 bits per heavy atom. The van der Waals surface area contributed by atoms with E-state index < -0.39 is 21.7 Å². The molecule has 0 fully saturated rings. The Labute approximate surface area is 140 Å². The standard InChI is InChI=1S/C17H17FN2O3S/c1-20(2)15-8-3-13(4-9-15)5-12-17(21)19-24(22,23)16-10-6-14(18)7-11-16/h3-12H,1-2H3,(H,19,21)/b12-5+. The van der Waals surface area contributed by atoms with Gasteiger partial charge in [0.2, 0.25) is 0 Å². The highest BCUT2D eigenvalue weighted by Crippen LogP contribution is 2.13. The van der Waals surface area contributed by atoms with Crippen molar-refractivity contribution >= 4 is 27.7 Å². The van der Waals surface area contributed by atoms with Gasteiger partial charge in [-0.3, -0.25) is 4.79 Å². The second-order valence-electron chi connectivity index (χ2n) is 5.24. The SMILES string of the molecule is CN(C)c1ccc(/C=C/C(=O)NS(=O)(=O)c2ccc(F)cc2)cc1. The van der Waals surface area contributed by atoms with E-state index in [4.69, 9.17) is 0 Å². The minimum Gasteiger partial charge on any atom is -0.378 e. The number of hydrogen-bond acceptors (Lipinski definition) is 4. The van der Waals surface area contributed by atoms with Gasteiger partial charge in [0.1, 0.15) is 5.82 Å². The van der Waals surface area contributed by atoms with Crippen molar-refractivity contribution in [2.75, 3.05) is 19.0 Å². The zero-order valence-electron chi connectivity index (χ0n) is 13.2. The first-order valence-corrected chi connectivity index (χ1v) is 8.54. The van der Waals surface area contributed by atoms with E-state index >= 15 is 0 Å². The minimum atomic E-state index is -4.02. The van der Waals surface area contributed by atoms with E-state index in [1.807, 2.05) is 48.0 Å². The van der Waals surface area contributed by atoms with Crippen molar-refractivity contribution in [3.05, 3.63) is 66.0 Å². The van der Waals surface area contributed by atoms with Gasteiger partial charge in [-0.2, -0.15) is 0 Å². The summed E-state index contributed by atoms with van der Waals surface area (Å²) in [4.78, 5) is 13.5. The fourth-order valence-corrected chi connectivity index (χ4v) is 2.84. The highest BCUT2D eigenvalue weighted by atomic mass is 32.2. The van der Waals surface area contributed by atoms with Crippen molar-refractivity contribution in [2.45, 2.75) is 4.90 Å². The lowest BCUT2D eigenvalue weighted by Gasteiger charge is -2.11. The number of anilines is 1. The van der Waals surface area contributed by atoms with Crippen LogP contribution in [-0.2, 0) is 14.8 Å². The third-order valence-electron chi connectivity index (χ3n) is 3.20. The number of sulfonamides is 1. The monoisotopic (exact) mass is 348 g/mol. The summed E-state index contributed by atoms with van der Waals surface area (Å²) in [6.45, 7) is 0. The lowest BCUT2D eigenvalue weighted by Crippen LogP contribution is -2.28. The fourth-order valence-electron chi connectivity index (χ4n) is 1.89. The van der Waals surface area contributed by atoms with Gasteiger partial charge >= 0.3 is 0 Å². The van der Waals surface area contributed by atoms with Crippen LogP contribution in [0.4, 0.5) is 10.1 Å². The van der Waals surface area contributed by atoms with Crippen LogP contribution >= 0.6 is 0 Å². The highest BCUT2D eigenvalue weighted by Gasteiger charge is 2.15. The number of nitrogens with one attached hydrogen (secondary N) is 1. The first-order valence-electron chi connectivity index (χ1n) is 7.06. The number of hydrogen-bond donors (Lipinski definition) is 1. The number of nitrogens with zero attached hydrogens (tertiary/aromatic N) is 1. The highest BCUT2D eigenvalue weighted by molar-refractivity contribution is 7.90. The normalized spacial score (nSPS) is 11.5. The quantitative estimate of drug-likeness (QED) is 0.843. The molecule has 7 heteroatoms. The molecule has 126 valence electrons. The van der Waals surface area contributed by atoms with Crippen LogP contribution in [-0.4, -0.2) is 28.4 Å². The maximum absolute atomic E-state index is 12.8. The van der Waals surface area contributed by atoms with E-state index in [1.165, 1.54) is 6.08 Å². The number of rotatable bonds is 5. The summed E-state index contributed by atoms with van der Waals surface area (Å²) >= 11 is 0. The lowest BCUT2D eigenvalue weighted by molar-refractivity contribution is -0.114. The predicted octanol–water partition coefficient (Wildman–Crippen LogP) is 2.41. The molecule has 0 aromatic heterocycles. The molecule has 0 radical (unpaired) electrons. The molecule has 0 bridgehead atoms. The molecule has 1 amide bonds. The van der Waals surface area contributed by atoms with E-state index in [0.717, 1.165) is 41.6 Å². The zero-order chi connectivity index (χ0) is 17.7. The number of halogens is 1. The molecular weight excluding hydrogens is 331 g/mol. The molecule has 2 aromatic carbocycles. The van der Waals surface area contributed by atoms with Crippen molar-refractivity contribution in [3.8, 4) is 0 Å². The topological polar surface area (TPSA) is 66.5 Å². The molecule has 24 heavy (non-hydrogen) atoms. The Kier molecular flexibility index (Phi) is 5.35. The Hall–Kier alpha value is -2.67. The van der Waals surface area contributed by atoms with Gasteiger partial charge in [-0.15, -0.1) is 0 Å². The molecule has 0 heterocycles. The van der Waals surface area contributed by atoms with Crippen LogP contribution in [0, 0.1) is 5.82 Å². The molecule has 0 aliphatic heterocycles. The zero-order valence-corrected chi connectivity index (χ0v) is 14.0. The van der Waals surface area contributed by atoms with Crippen LogP contribution in [0.25, 0.3) is 6.08 Å². The Morgan fingerprint density at radius 2 is 1.62 bits per heavy atom. The van der Waals surface area contributed by atoms with E-state index in [9.17, 15) is 17.6 Å². The van der Waals surface area contributed by atoms with Gasteiger partial charge in [0.25, 0.3) is 15.9 Å². The Bertz CT molecular complexity index is 842. The fraction of sp³-hybridized carbons (Fsp3) is 0.118. The van der Waals surface area contributed by atoms with E-state index in [2.05, 4.69) is 0 Å². The molecule has 0 spiro atoms. The minimum absolute atomic E-state index is 0.180. The number of benzene rings is 2. The molecule has 2 rings (SSSR count). The summed E-state index contributed by atoms with van der Waals surface area (Å²) in [7, 11) is -0.192. The molecule has 0 aliphatic carbocycles. The van der Waals surface area contributed by atoms with Gasteiger partial charge < -0.3 is 4.90 Å². The summed E-state index contributed by atoms with van der Waals surface area (Å²) in [5.41, 5.74) is 1.77. The van der Waals surface area contributed by atoms with Crippen molar-refractivity contribution in [1.82, 2.24) is 4.72 Å². The molecule has 0 saturated heterocycles. The van der Waals surface area contributed by atoms with Crippen LogP contribution in [0.2, 0.25) is 0 Å². The average molecular weight is 348 g/mol. The van der Waals surface area contributed by atoms with Crippen LogP contribution in [0.5, 0.6) is 0 Å². The van der Waals surface area contributed by atoms with Gasteiger partial charge in [-0.25, -0.2) is 17.5 Å². The summed E-state index contributed by atoms with van der Waals surface area (Å²) in [5, 5.41) is 0. The van der Waals surface area contributed by atoms with E-state index in [-0.39, 0.29) is 4.90 Å². The molecule has 1 N–H and O–H groups in total. The Balaban J connectivity index is 2.05. The Morgan fingerprint density at radius 3 is 2.17 bits per heavy atom. The summed E-state index contributed by atoms with van der Waals surface area (Å²) in [6, 6.07) is 11.6. The predicted molar refractivity (Wildman–Crippen MR) is 91.5 cm³/mol. The summed E-state index contributed by atoms with van der Waals surface area (Å²) < 4.78 is 38.7. The molecule has 0 unspecified atom stereocenters. The van der Waals surface area contributed by atoms with E-state index in [1.54, 1.807) is 0 Å². The second-order valence-corrected chi connectivity index (χ2v) is 6.93. The average Bonchev–Trinajstić information content (AvgIpc) is 2.53. The van der Waals surface area contributed by atoms with E-state index in [0.29, 0.717) is 0 Å². The molecule has 0 atom stereocenters. The van der Waals surface area contributed by atoms with Crippen LogP contribution < -0.4 is 9.62 Å². The van der Waals surface area contributed by atoms with Crippen molar-refractivity contribution in [1.29, 1.82) is 0 Å². The third-order valence-corrected chi connectivity index (χ3v) is 4.56. The summed E-state index contributed by atoms with van der Waals surface area (Å²) in [5.74, 6) is -1.34. The molecule has 5 nitrogen and oxygen atoms in total. The van der Waals surface area contributed by atoms with Gasteiger partial charge in [0.15, 0.2) is 0 Å². The first kappa shape index (κ1) is 17.7. The first-order chi connectivity index (χ1) is 11.3. The van der Waals surface area contributed by atoms with Gasteiger partial charge in [0, 0.05) is 25.9 Å². The smallest absolute Gasteiger partial charge is 0.264 e. The number of carbonyl (C=O) groups excluding carboxylic acids is 1. The van der Waals surface area contributed by atoms with Crippen LogP contribution in [0.15, 0.2) is 59.5 Å². The second kappa shape index (κ2) is 7.27. The molecule has 2 aromatic rings. The van der Waals surface area contributed by atoms with Gasteiger partial charge in [0.05, 0.1) is 4.90 Å². The van der Waals surface area contributed by atoms with Crippen molar-refractivity contribution in [2.24, 2.45) is 0 Å². The number of carbonyl (C=O) groups is 1. The third kappa shape index (κ3) is 4.66. The maximum Gasteiger partial charge on any atom is 0.264 e. The lowest BCUT2D eigenvalue weighted by atomic mass is 10.2. The molecule has 0 saturated carbocycles. The molecule has 0 aliphatic rings.